The fourth-order valence-corrected chi connectivity index (χ4v) is 7.29. The van der Waals surface area contributed by atoms with E-state index in [1.807, 2.05) is 44.2 Å². The van der Waals surface area contributed by atoms with Crippen LogP contribution >= 0.6 is 0 Å². The van der Waals surface area contributed by atoms with Crippen LogP contribution in [0.25, 0.3) is 0 Å². The molecule has 2 saturated heterocycles. The number of hydrogen-bond acceptors (Lipinski definition) is 6. The van der Waals surface area contributed by atoms with Gasteiger partial charge in [0, 0.05) is 50.7 Å². The van der Waals surface area contributed by atoms with Crippen molar-refractivity contribution >= 4 is 5.91 Å². The summed E-state index contributed by atoms with van der Waals surface area (Å²) in [5.74, 6) is 2.49. The summed E-state index contributed by atoms with van der Waals surface area (Å²) in [5, 5.41) is 0. The quantitative estimate of drug-likeness (QED) is 0.349. The van der Waals surface area contributed by atoms with E-state index in [-0.39, 0.29) is 17.4 Å². The number of carbonyl (C=O) groups is 1. The topological polar surface area (TPSA) is 54.5 Å². The number of hydrogen-bond donors (Lipinski definition) is 0. The Labute approximate surface area is 253 Å². The zero-order valence-corrected chi connectivity index (χ0v) is 26.3. The van der Waals surface area contributed by atoms with Crippen molar-refractivity contribution in [3.63, 3.8) is 0 Å². The van der Waals surface area contributed by atoms with Crippen molar-refractivity contribution in [1.29, 1.82) is 0 Å². The Hall–Kier alpha value is -2.77. The molecule has 7 nitrogen and oxygen atoms in total. The first kappa shape index (κ1) is 30.7. The van der Waals surface area contributed by atoms with Crippen LogP contribution in [0.1, 0.15) is 69.9 Å². The van der Waals surface area contributed by atoms with Crippen LogP contribution in [0.5, 0.6) is 17.2 Å². The molecular formula is C35H51N3O4. The first-order valence-electron chi connectivity index (χ1n) is 16.1. The second-order valence-electron chi connectivity index (χ2n) is 12.8. The van der Waals surface area contributed by atoms with Crippen LogP contribution in [0.4, 0.5) is 0 Å². The van der Waals surface area contributed by atoms with Crippen LogP contribution in [0, 0.1) is 0 Å². The first-order valence-corrected chi connectivity index (χ1v) is 16.1. The van der Waals surface area contributed by atoms with Crippen molar-refractivity contribution in [1.82, 2.24) is 14.7 Å². The predicted molar refractivity (Wildman–Crippen MR) is 168 cm³/mol. The highest BCUT2D eigenvalue weighted by atomic mass is 16.5. The summed E-state index contributed by atoms with van der Waals surface area (Å²) in [7, 11) is 3.37. The third-order valence-corrected chi connectivity index (χ3v) is 9.73. The molecule has 0 bridgehead atoms. The smallest absolute Gasteiger partial charge is 0.227 e. The van der Waals surface area contributed by atoms with Gasteiger partial charge in [-0.1, -0.05) is 37.5 Å². The number of benzene rings is 2. The SMILES string of the molecule is COc1ccc(C2(CCN3CCN(C4CCCCC4)CC3)CCN(C(=O)Cc3cccc(OC(C)C)c3)C2)cc1OC. The summed E-state index contributed by atoms with van der Waals surface area (Å²) >= 11 is 0. The minimum absolute atomic E-state index is 0.104. The molecule has 5 rings (SSSR count). The van der Waals surface area contributed by atoms with Crippen LogP contribution in [0.2, 0.25) is 0 Å². The summed E-state index contributed by atoms with van der Waals surface area (Å²) < 4.78 is 17.1. The van der Waals surface area contributed by atoms with Crippen LogP contribution < -0.4 is 14.2 Å². The molecule has 1 atom stereocenters. The van der Waals surface area contributed by atoms with Crippen LogP contribution in [0.15, 0.2) is 42.5 Å². The second kappa shape index (κ2) is 14.1. The molecule has 1 amide bonds. The lowest BCUT2D eigenvalue weighted by Gasteiger charge is -2.42. The zero-order valence-electron chi connectivity index (χ0n) is 26.3. The minimum Gasteiger partial charge on any atom is -0.493 e. The largest absolute Gasteiger partial charge is 0.493 e. The van der Waals surface area contributed by atoms with Gasteiger partial charge in [-0.05, 0) is 81.5 Å². The third-order valence-electron chi connectivity index (χ3n) is 9.73. The highest BCUT2D eigenvalue weighted by Gasteiger charge is 2.42. The lowest BCUT2D eigenvalue weighted by atomic mass is 9.76. The molecule has 0 radical (unpaired) electrons. The Morgan fingerprint density at radius 2 is 1.69 bits per heavy atom. The van der Waals surface area contributed by atoms with Crippen molar-refractivity contribution in [2.45, 2.75) is 82.8 Å². The van der Waals surface area contributed by atoms with Crippen LogP contribution in [-0.2, 0) is 16.6 Å². The standard InChI is InChI=1S/C35H51N3O4/c1-27(2)42-31-12-8-9-28(23-31)24-34(39)38-18-16-35(26-38,29-13-14-32(40-3)33(25-29)41-4)15-17-36-19-21-37(22-20-36)30-10-6-5-7-11-30/h8-9,12-14,23,25,27,30H,5-7,10-11,15-22,24,26H2,1-4H3. The molecule has 1 unspecified atom stereocenters. The molecule has 1 saturated carbocycles. The van der Waals surface area contributed by atoms with E-state index >= 15 is 0 Å². The molecule has 0 aromatic heterocycles. The van der Waals surface area contributed by atoms with Gasteiger partial charge >= 0.3 is 0 Å². The maximum absolute atomic E-state index is 13.6. The van der Waals surface area contributed by atoms with E-state index in [0.717, 1.165) is 74.4 Å². The molecule has 0 spiro atoms. The number of amides is 1. The van der Waals surface area contributed by atoms with E-state index in [9.17, 15) is 4.79 Å². The highest BCUT2D eigenvalue weighted by molar-refractivity contribution is 5.79. The molecule has 7 heteroatoms. The lowest BCUT2D eigenvalue weighted by molar-refractivity contribution is -0.129. The van der Waals surface area contributed by atoms with Crippen LogP contribution in [-0.4, -0.2) is 92.8 Å². The minimum atomic E-state index is -0.113. The first-order chi connectivity index (χ1) is 20.4. The van der Waals surface area contributed by atoms with Gasteiger partial charge in [0.15, 0.2) is 11.5 Å². The van der Waals surface area contributed by atoms with Gasteiger partial charge in [0.2, 0.25) is 5.91 Å². The van der Waals surface area contributed by atoms with E-state index in [1.54, 1.807) is 14.2 Å². The maximum atomic E-state index is 13.6. The van der Waals surface area contributed by atoms with Crippen molar-refractivity contribution < 1.29 is 19.0 Å². The Bertz CT molecular complexity index is 1170. The molecule has 3 aliphatic rings. The summed E-state index contributed by atoms with van der Waals surface area (Å²) in [6.45, 7) is 11.2. The van der Waals surface area contributed by atoms with E-state index < -0.39 is 0 Å². The van der Waals surface area contributed by atoms with E-state index in [2.05, 4.69) is 26.8 Å². The van der Waals surface area contributed by atoms with Gasteiger partial charge in [0.25, 0.3) is 0 Å². The van der Waals surface area contributed by atoms with E-state index in [4.69, 9.17) is 14.2 Å². The molecule has 42 heavy (non-hydrogen) atoms. The number of piperazine rings is 1. The van der Waals surface area contributed by atoms with Gasteiger partial charge < -0.3 is 24.0 Å². The number of carbonyl (C=O) groups excluding carboxylic acids is 1. The van der Waals surface area contributed by atoms with Gasteiger partial charge in [-0.3, -0.25) is 9.69 Å². The zero-order chi connectivity index (χ0) is 29.5. The molecule has 0 N–H and O–H groups in total. The molecular weight excluding hydrogens is 526 g/mol. The van der Waals surface area contributed by atoms with Crippen molar-refractivity contribution in [3.8, 4) is 17.2 Å². The number of likely N-dealkylation sites (tertiary alicyclic amines) is 1. The van der Waals surface area contributed by atoms with Crippen molar-refractivity contribution in [2.24, 2.45) is 0 Å². The summed E-state index contributed by atoms with van der Waals surface area (Å²) in [5.41, 5.74) is 2.12. The summed E-state index contributed by atoms with van der Waals surface area (Å²) in [6, 6.07) is 15.1. The molecule has 3 fully saturated rings. The fourth-order valence-electron chi connectivity index (χ4n) is 7.29. The Balaban J connectivity index is 1.27. The van der Waals surface area contributed by atoms with E-state index in [1.165, 1.54) is 50.8 Å². The molecule has 2 aliphatic heterocycles. The Morgan fingerprint density at radius 1 is 0.929 bits per heavy atom. The van der Waals surface area contributed by atoms with Gasteiger partial charge in [-0.25, -0.2) is 0 Å². The number of ether oxygens (including phenoxy) is 3. The summed E-state index contributed by atoms with van der Waals surface area (Å²) in [4.78, 5) is 21.1. The average Bonchev–Trinajstić information content (AvgIpc) is 3.46. The van der Waals surface area contributed by atoms with Gasteiger partial charge in [0.1, 0.15) is 5.75 Å². The average molecular weight is 578 g/mol. The number of rotatable bonds is 11. The highest BCUT2D eigenvalue weighted by Crippen LogP contribution is 2.42. The lowest BCUT2D eigenvalue weighted by Crippen LogP contribution is -2.51. The number of methoxy groups -OCH3 is 2. The molecule has 2 aromatic rings. The molecule has 2 aromatic carbocycles. The maximum Gasteiger partial charge on any atom is 0.227 e. The van der Waals surface area contributed by atoms with Gasteiger partial charge in [0.05, 0.1) is 26.7 Å². The Kier molecular flexibility index (Phi) is 10.3. The van der Waals surface area contributed by atoms with E-state index in [0.29, 0.717) is 6.42 Å². The normalized spacial score (nSPS) is 22.5. The van der Waals surface area contributed by atoms with Crippen LogP contribution in [0.3, 0.4) is 0 Å². The van der Waals surface area contributed by atoms with Gasteiger partial charge in [-0.15, -0.1) is 0 Å². The van der Waals surface area contributed by atoms with Crippen molar-refractivity contribution in [2.75, 3.05) is 60.0 Å². The summed E-state index contributed by atoms with van der Waals surface area (Å²) in [6.07, 6.45) is 9.42. The monoisotopic (exact) mass is 577 g/mol. The van der Waals surface area contributed by atoms with Crippen molar-refractivity contribution in [3.05, 3.63) is 53.6 Å². The second-order valence-corrected chi connectivity index (χ2v) is 12.8. The molecule has 1 aliphatic carbocycles. The number of nitrogens with zero attached hydrogens (tertiary/aromatic N) is 3. The Morgan fingerprint density at radius 3 is 2.40 bits per heavy atom. The molecule has 230 valence electrons. The third kappa shape index (κ3) is 7.41. The fraction of sp³-hybridized carbons (Fsp3) is 0.629. The van der Waals surface area contributed by atoms with Gasteiger partial charge in [-0.2, -0.15) is 0 Å². The molecule has 2 heterocycles. The predicted octanol–water partition coefficient (Wildman–Crippen LogP) is 5.54.